The van der Waals surface area contributed by atoms with E-state index in [0.717, 1.165) is 15.6 Å². The van der Waals surface area contributed by atoms with E-state index in [1.807, 2.05) is 31.2 Å². The van der Waals surface area contributed by atoms with Gasteiger partial charge in [0.15, 0.2) is 6.61 Å². The lowest BCUT2D eigenvalue weighted by molar-refractivity contribution is -0.123. The highest BCUT2D eigenvalue weighted by molar-refractivity contribution is 9.10. The van der Waals surface area contributed by atoms with Crippen LogP contribution in [0.1, 0.15) is 46.8 Å². The first-order valence-electron chi connectivity index (χ1n) is 10.4. The Bertz CT molecular complexity index is 1170. The molecule has 3 aromatic rings. The molecule has 3 rings (SSSR count). The van der Waals surface area contributed by atoms with E-state index >= 15 is 0 Å². The Balaban J connectivity index is 1.55. The quantitative estimate of drug-likeness (QED) is 0.185. The minimum atomic E-state index is -0.465. The van der Waals surface area contributed by atoms with Crippen molar-refractivity contribution < 1.29 is 19.1 Å². The summed E-state index contributed by atoms with van der Waals surface area (Å²) in [4.78, 5) is 24.5. The Morgan fingerprint density at radius 1 is 1.06 bits per heavy atom. The molecule has 0 saturated heterocycles. The van der Waals surface area contributed by atoms with Crippen molar-refractivity contribution in [1.29, 1.82) is 0 Å². The molecule has 33 heavy (non-hydrogen) atoms. The molecule has 0 aromatic heterocycles. The maximum Gasteiger partial charge on any atom is 0.343 e. The van der Waals surface area contributed by atoms with Crippen LogP contribution in [0, 0.1) is 6.92 Å². The summed E-state index contributed by atoms with van der Waals surface area (Å²) in [7, 11) is 0. The van der Waals surface area contributed by atoms with Crippen molar-refractivity contribution >= 4 is 34.0 Å². The SMILES string of the molecule is Cc1ccc(C(C)C)c(OCC(=O)N/N=C\c2cccc(OC(=O)c3cccc(Br)c3)c2)c1. The van der Waals surface area contributed by atoms with Crippen LogP contribution in [-0.4, -0.2) is 24.7 Å². The summed E-state index contributed by atoms with van der Waals surface area (Å²) < 4.78 is 11.9. The minimum absolute atomic E-state index is 0.148. The van der Waals surface area contributed by atoms with Gasteiger partial charge in [0.25, 0.3) is 5.91 Å². The van der Waals surface area contributed by atoms with Gasteiger partial charge in [-0.15, -0.1) is 0 Å². The summed E-state index contributed by atoms with van der Waals surface area (Å²) in [6.45, 7) is 5.98. The summed E-state index contributed by atoms with van der Waals surface area (Å²) in [6, 6.07) is 19.8. The predicted molar refractivity (Wildman–Crippen MR) is 132 cm³/mol. The average molecular weight is 509 g/mol. The second-order valence-corrected chi connectivity index (χ2v) is 8.67. The van der Waals surface area contributed by atoms with Crippen LogP contribution in [0.15, 0.2) is 76.3 Å². The molecular weight excluding hydrogens is 484 g/mol. The lowest BCUT2D eigenvalue weighted by Crippen LogP contribution is -2.25. The largest absolute Gasteiger partial charge is 0.483 e. The van der Waals surface area contributed by atoms with Gasteiger partial charge in [-0.2, -0.15) is 5.10 Å². The van der Waals surface area contributed by atoms with Crippen LogP contribution >= 0.6 is 15.9 Å². The highest BCUT2D eigenvalue weighted by Crippen LogP contribution is 2.27. The van der Waals surface area contributed by atoms with Crippen LogP contribution in [0.2, 0.25) is 0 Å². The number of hydrogen-bond donors (Lipinski definition) is 1. The fraction of sp³-hybridized carbons (Fsp3) is 0.192. The Kier molecular flexibility index (Phi) is 8.38. The van der Waals surface area contributed by atoms with Gasteiger partial charge >= 0.3 is 5.97 Å². The van der Waals surface area contributed by atoms with Crippen molar-refractivity contribution in [3.05, 3.63) is 93.5 Å². The minimum Gasteiger partial charge on any atom is -0.483 e. The Labute approximate surface area is 201 Å². The number of amides is 1. The molecule has 6 nitrogen and oxygen atoms in total. The van der Waals surface area contributed by atoms with E-state index in [9.17, 15) is 9.59 Å². The number of rotatable bonds is 8. The smallest absolute Gasteiger partial charge is 0.343 e. The lowest BCUT2D eigenvalue weighted by Gasteiger charge is -2.14. The van der Waals surface area contributed by atoms with E-state index in [1.54, 1.807) is 42.5 Å². The van der Waals surface area contributed by atoms with E-state index in [-0.39, 0.29) is 18.4 Å². The first-order valence-corrected chi connectivity index (χ1v) is 11.2. The molecule has 0 spiro atoms. The van der Waals surface area contributed by atoms with E-state index in [0.29, 0.717) is 22.6 Å². The Morgan fingerprint density at radius 3 is 2.61 bits per heavy atom. The number of ether oxygens (including phenoxy) is 2. The van der Waals surface area contributed by atoms with Crippen molar-refractivity contribution in [2.75, 3.05) is 6.61 Å². The van der Waals surface area contributed by atoms with Crippen LogP contribution in [0.3, 0.4) is 0 Å². The fourth-order valence-electron chi connectivity index (χ4n) is 3.04. The van der Waals surface area contributed by atoms with Gasteiger partial charge in [0.2, 0.25) is 0 Å². The first-order chi connectivity index (χ1) is 15.8. The zero-order valence-corrected chi connectivity index (χ0v) is 20.3. The predicted octanol–water partition coefficient (Wildman–Crippen LogP) is 5.63. The number of carbonyl (C=O) groups excluding carboxylic acids is 2. The summed E-state index contributed by atoms with van der Waals surface area (Å²) in [6.07, 6.45) is 1.47. The monoisotopic (exact) mass is 508 g/mol. The molecule has 170 valence electrons. The third-order valence-electron chi connectivity index (χ3n) is 4.68. The van der Waals surface area contributed by atoms with E-state index in [2.05, 4.69) is 40.3 Å². The molecule has 0 atom stereocenters. The molecule has 0 aliphatic carbocycles. The maximum atomic E-state index is 12.3. The Hall–Kier alpha value is -3.45. The van der Waals surface area contributed by atoms with Crippen molar-refractivity contribution in [3.8, 4) is 11.5 Å². The number of nitrogens with one attached hydrogen (secondary N) is 1. The first kappa shape index (κ1) is 24.2. The Morgan fingerprint density at radius 2 is 1.85 bits per heavy atom. The number of hydrogen-bond acceptors (Lipinski definition) is 5. The zero-order valence-electron chi connectivity index (χ0n) is 18.7. The number of esters is 1. The van der Waals surface area contributed by atoms with Gasteiger partial charge in [-0.3, -0.25) is 4.79 Å². The van der Waals surface area contributed by atoms with E-state index < -0.39 is 5.97 Å². The molecule has 0 aliphatic rings. The van der Waals surface area contributed by atoms with Gasteiger partial charge in [0.05, 0.1) is 11.8 Å². The normalized spacial score (nSPS) is 10.9. The molecule has 0 radical (unpaired) electrons. The molecule has 0 bridgehead atoms. The molecule has 0 aliphatic heterocycles. The summed E-state index contributed by atoms with van der Waals surface area (Å²) in [5.41, 5.74) is 5.66. The number of benzene rings is 3. The molecule has 3 aromatic carbocycles. The van der Waals surface area contributed by atoms with Crippen molar-refractivity contribution in [2.24, 2.45) is 5.10 Å². The molecule has 0 saturated carbocycles. The highest BCUT2D eigenvalue weighted by atomic mass is 79.9. The molecule has 1 amide bonds. The van der Waals surface area contributed by atoms with Crippen molar-refractivity contribution in [2.45, 2.75) is 26.7 Å². The van der Waals surface area contributed by atoms with E-state index in [4.69, 9.17) is 9.47 Å². The number of nitrogens with zero attached hydrogens (tertiary/aromatic N) is 1. The highest BCUT2D eigenvalue weighted by Gasteiger charge is 2.11. The number of carbonyl (C=O) groups is 2. The molecule has 1 N–H and O–H groups in total. The van der Waals surface area contributed by atoms with Gasteiger partial charge in [-0.1, -0.05) is 60.1 Å². The third kappa shape index (κ3) is 7.29. The molecule has 0 heterocycles. The zero-order chi connectivity index (χ0) is 23.8. The van der Waals surface area contributed by atoms with Gasteiger partial charge < -0.3 is 9.47 Å². The van der Waals surface area contributed by atoms with Crippen LogP contribution in [0.4, 0.5) is 0 Å². The van der Waals surface area contributed by atoms with Crippen LogP contribution in [0.5, 0.6) is 11.5 Å². The summed E-state index contributed by atoms with van der Waals surface area (Å²) >= 11 is 3.34. The maximum absolute atomic E-state index is 12.3. The van der Waals surface area contributed by atoms with Crippen molar-refractivity contribution in [1.82, 2.24) is 5.43 Å². The average Bonchev–Trinajstić information content (AvgIpc) is 2.78. The molecule has 7 heteroatoms. The fourth-order valence-corrected chi connectivity index (χ4v) is 3.44. The summed E-state index contributed by atoms with van der Waals surface area (Å²) in [5, 5.41) is 3.97. The van der Waals surface area contributed by atoms with Gasteiger partial charge in [0.1, 0.15) is 11.5 Å². The molecule has 0 unspecified atom stereocenters. The van der Waals surface area contributed by atoms with E-state index in [1.165, 1.54) is 6.21 Å². The standard InChI is InChI=1S/C26H25BrN2O4/c1-17(2)23-11-10-18(3)12-24(23)32-16-25(30)29-28-15-19-6-4-9-22(13-19)33-26(31)20-7-5-8-21(27)14-20/h4-15,17H,16H2,1-3H3,(H,29,30)/b28-15-. The van der Waals surface area contributed by atoms with Gasteiger partial charge in [-0.05, 0) is 65.9 Å². The third-order valence-corrected chi connectivity index (χ3v) is 5.17. The lowest BCUT2D eigenvalue weighted by atomic mass is 10.0. The topological polar surface area (TPSA) is 77.0 Å². The number of aryl methyl sites for hydroxylation is 1. The number of halogens is 1. The van der Waals surface area contributed by atoms with Crippen molar-refractivity contribution in [3.63, 3.8) is 0 Å². The summed E-state index contributed by atoms with van der Waals surface area (Å²) in [5.74, 6) is 0.516. The molecule has 0 fully saturated rings. The molecular formula is C26H25BrN2O4. The number of hydrazone groups is 1. The van der Waals surface area contributed by atoms with Gasteiger partial charge in [-0.25, -0.2) is 10.2 Å². The van der Waals surface area contributed by atoms with Crippen LogP contribution < -0.4 is 14.9 Å². The van der Waals surface area contributed by atoms with Crippen LogP contribution in [0.25, 0.3) is 0 Å². The van der Waals surface area contributed by atoms with Crippen LogP contribution in [-0.2, 0) is 4.79 Å². The second kappa shape index (κ2) is 11.4. The van der Waals surface area contributed by atoms with Gasteiger partial charge in [0, 0.05) is 4.47 Å². The second-order valence-electron chi connectivity index (χ2n) is 7.75.